The summed E-state index contributed by atoms with van der Waals surface area (Å²) in [6, 6.07) is 10.2. The summed E-state index contributed by atoms with van der Waals surface area (Å²) in [5, 5.41) is 8.79. The van der Waals surface area contributed by atoms with Crippen molar-refractivity contribution in [2.45, 2.75) is 40.2 Å². The normalized spacial score (nSPS) is 18.2. The van der Waals surface area contributed by atoms with Crippen LogP contribution in [-0.4, -0.2) is 18.0 Å². The molecule has 1 aliphatic rings. The molecular formula is C17H24N2. The van der Waals surface area contributed by atoms with Gasteiger partial charge >= 0.3 is 0 Å². The maximum Gasteiger partial charge on any atom is 0.0991 e. The van der Waals surface area contributed by atoms with E-state index < -0.39 is 0 Å². The van der Waals surface area contributed by atoms with Crippen molar-refractivity contribution in [1.29, 1.82) is 5.26 Å². The van der Waals surface area contributed by atoms with Gasteiger partial charge in [0.05, 0.1) is 11.6 Å². The largest absolute Gasteiger partial charge is 0.299 e. The van der Waals surface area contributed by atoms with Crippen LogP contribution in [0.1, 0.15) is 44.7 Å². The highest BCUT2D eigenvalue weighted by Crippen LogP contribution is 2.34. The van der Waals surface area contributed by atoms with Crippen molar-refractivity contribution in [3.05, 3.63) is 35.4 Å². The number of hydrogen-bond donors (Lipinski definition) is 0. The lowest BCUT2D eigenvalue weighted by Gasteiger charge is -2.38. The fourth-order valence-electron chi connectivity index (χ4n) is 2.90. The highest BCUT2D eigenvalue weighted by Gasteiger charge is 2.28. The number of piperidine rings is 1. The number of rotatable bonds is 2. The van der Waals surface area contributed by atoms with E-state index in [1.807, 2.05) is 12.1 Å². The lowest BCUT2D eigenvalue weighted by atomic mass is 9.75. The fourth-order valence-corrected chi connectivity index (χ4v) is 2.90. The van der Waals surface area contributed by atoms with Crippen molar-refractivity contribution in [3.8, 4) is 6.07 Å². The van der Waals surface area contributed by atoms with Crippen LogP contribution in [0.5, 0.6) is 0 Å². The van der Waals surface area contributed by atoms with Gasteiger partial charge in [0.25, 0.3) is 0 Å². The first-order valence-electron chi connectivity index (χ1n) is 7.20. The molecule has 19 heavy (non-hydrogen) atoms. The van der Waals surface area contributed by atoms with Gasteiger partial charge in [-0.25, -0.2) is 0 Å². The van der Waals surface area contributed by atoms with Crippen LogP contribution < -0.4 is 0 Å². The second-order valence-corrected chi connectivity index (χ2v) is 6.73. The van der Waals surface area contributed by atoms with Crippen molar-refractivity contribution < 1.29 is 0 Å². The van der Waals surface area contributed by atoms with Crippen LogP contribution in [0, 0.1) is 22.7 Å². The molecule has 0 atom stereocenters. The Labute approximate surface area is 117 Å². The highest BCUT2D eigenvalue weighted by atomic mass is 15.1. The van der Waals surface area contributed by atoms with Gasteiger partial charge in [0.1, 0.15) is 0 Å². The maximum absolute atomic E-state index is 8.79. The number of likely N-dealkylation sites (tertiary alicyclic amines) is 1. The van der Waals surface area contributed by atoms with E-state index in [2.05, 4.69) is 43.9 Å². The molecule has 1 saturated heterocycles. The second-order valence-electron chi connectivity index (χ2n) is 6.73. The van der Waals surface area contributed by atoms with E-state index in [4.69, 9.17) is 5.26 Å². The Hall–Kier alpha value is -1.33. The van der Waals surface area contributed by atoms with Gasteiger partial charge in [0.2, 0.25) is 0 Å². The average molecular weight is 256 g/mol. The lowest BCUT2D eigenvalue weighted by molar-refractivity contribution is 0.108. The quantitative estimate of drug-likeness (QED) is 0.804. The van der Waals surface area contributed by atoms with Crippen LogP contribution >= 0.6 is 0 Å². The molecule has 1 aliphatic heterocycles. The predicted octanol–water partition coefficient (Wildman–Crippen LogP) is 3.82. The first-order chi connectivity index (χ1) is 8.99. The summed E-state index contributed by atoms with van der Waals surface area (Å²) < 4.78 is 0. The van der Waals surface area contributed by atoms with Crippen LogP contribution in [-0.2, 0) is 6.54 Å². The van der Waals surface area contributed by atoms with Crippen molar-refractivity contribution in [2.24, 2.45) is 11.3 Å². The zero-order valence-electron chi connectivity index (χ0n) is 12.3. The molecular weight excluding hydrogens is 232 g/mol. The zero-order valence-corrected chi connectivity index (χ0v) is 12.3. The Bertz CT molecular complexity index is 440. The third kappa shape index (κ3) is 3.81. The van der Waals surface area contributed by atoms with Crippen LogP contribution in [0.3, 0.4) is 0 Å². The summed E-state index contributed by atoms with van der Waals surface area (Å²) in [7, 11) is 0. The van der Waals surface area contributed by atoms with Crippen molar-refractivity contribution in [2.75, 3.05) is 13.1 Å². The second kappa shape index (κ2) is 5.75. The average Bonchev–Trinajstić information content (AvgIpc) is 2.39. The molecule has 102 valence electrons. The molecule has 2 nitrogen and oxygen atoms in total. The van der Waals surface area contributed by atoms with E-state index in [0.29, 0.717) is 5.41 Å². The molecule has 0 aliphatic carbocycles. The molecule has 1 heterocycles. The molecule has 2 heteroatoms. The van der Waals surface area contributed by atoms with E-state index >= 15 is 0 Å². The molecule has 2 rings (SSSR count). The topological polar surface area (TPSA) is 27.0 Å². The van der Waals surface area contributed by atoms with Crippen molar-refractivity contribution in [1.82, 2.24) is 4.90 Å². The molecule has 0 unspecified atom stereocenters. The van der Waals surface area contributed by atoms with Gasteiger partial charge in [-0.2, -0.15) is 5.26 Å². The Morgan fingerprint density at radius 2 is 1.74 bits per heavy atom. The molecule has 1 fully saturated rings. The van der Waals surface area contributed by atoms with Gasteiger partial charge in [0, 0.05) is 6.54 Å². The third-order valence-corrected chi connectivity index (χ3v) is 4.30. The monoisotopic (exact) mass is 256 g/mol. The summed E-state index contributed by atoms with van der Waals surface area (Å²) in [6.45, 7) is 10.5. The van der Waals surface area contributed by atoms with Gasteiger partial charge in [-0.05, 0) is 55.0 Å². The Morgan fingerprint density at radius 3 is 2.21 bits per heavy atom. The van der Waals surface area contributed by atoms with Gasteiger partial charge in [-0.15, -0.1) is 0 Å². The SMILES string of the molecule is CC(C)(C)C1CCN(Cc2ccc(C#N)cc2)CC1. The van der Waals surface area contributed by atoms with E-state index in [0.717, 1.165) is 18.0 Å². The molecule has 0 bridgehead atoms. The number of hydrogen-bond acceptors (Lipinski definition) is 2. The minimum absolute atomic E-state index is 0.445. The van der Waals surface area contributed by atoms with Gasteiger partial charge in [-0.3, -0.25) is 4.90 Å². The third-order valence-electron chi connectivity index (χ3n) is 4.30. The van der Waals surface area contributed by atoms with Gasteiger partial charge in [-0.1, -0.05) is 32.9 Å². The Balaban J connectivity index is 1.87. The zero-order chi connectivity index (χ0) is 13.9. The first kappa shape index (κ1) is 14.1. The van der Waals surface area contributed by atoms with Crippen LogP contribution in [0.15, 0.2) is 24.3 Å². The maximum atomic E-state index is 8.79. The number of benzene rings is 1. The molecule has 0 saturated carbocycles. The Kier molecular flexibility index (Phi) is 4.27. The van der Waals surface area contributed by atoms with Gasteiger partial charge < -0.3 is 0 Å². The Morgan fingerprint density at radius 1 is 1.16 bits per heavy atom. The van der Waals surface area contributed by atoms with Gasteiger partial charge in [0.15, 0.2) is 0 Å². The smallest absolute Gasteiger partial charge is 0.0991 e. The summed E-state index contributed by atoms with van der Waals surface area (Å²) in [4.78, 5) is 2.53. The molecule has 0 spiro atoms. The van der Waals surface area contributed by atoms with Crippen LogP contribution in [0.4, 0.5) is 0 Å². The number of nitrogens with zero attached hydrogens (tertiary/aromatic N) is 2. The van der Waals surface area contributed by atoms with Crippen molar-refractivity contribution in [3.63, 3.8) is 0 Å². The highest BCUT2D eigenvalue weighted by molar-refractivity contribution is 5.31. The predicted molar refractivity (Wildman–Crippen MR) is 78.6 cm³/mol. The summed E-state index contributed by atoms with van der Waals surface area (Å²) in [5.74, 6) is 0.852. The number of nitriles is 1. The standard InChI is InChI=1S/C17H24N2/c1-17(2,3)16-8-10-19(11-9-16)13-15-6-4-14(12-18)5-7-15/h4-7,16H,8-11,13H2,1-3H3. The van der Waals surface area contributed by atoms with Crippen molar-refractivity contribution >= 4 is 0 Å². The summed E-state index contributed by atoms with van der Waals surface area (Å²) in [5.41, 5.74) is 2.50. The minimum Gasteiger partial charge on any atom is -0.299 e. The minimum atomic E-state index is 0.445. The van der Waals surface area contributed by atoms with Crippen LogP contribution in [0.2, 0.25) is 0 Å². The fraction of sp³-hybridized carbons (Fsp3) is 0.588. The van der Waals surface area contributed by atoms with E-state index in [1.165, 1.54) is 31.5 Å². The van der Waals surface area contributed by atoms with E-state index in [9.17, 15) is 0 Å². The molecule has 0 N–H and O–H groups in total. The molecule has 0 amide bonds. The molecule has 1 aromatic rings. The molecule has 0 radical (unpaired) electrons. The van der Waals surface area contributed by atoms with Crippen LogP contribution in [0.25, 0.3) is 0 Å². The summed E-state index contributed by atoms with van der Waals surface area (Å²) >= 11 is 0. The summed E-state index contributed by atoms with van der Waals surface area (Å²) in [6.07, 6.45) is 2.61. The first-order valence-corrected chi connectivity index (χ1v) is 7.20. The molecule has 0 aromatic heterocycles. The van der Waals surface area contributed by atoms with E-state index in [-0.39, 0.29) is 0 Å². The van der Waals surface area contributed by atoms with E-state index in [1.54, 1.807) is 0 Å². The lowest BCUT2D eigenvalue weighted by Crippen LogP contribution is -2.37. The molecule has 1 aromatic carbocycles.